The number of aliphatic imine (C=N–C) groups is 1. The van der Waals surface area contributed by atoms with Crippen molar-refractivity contribution in [1.82, 2.24) is 0 Å². The van der Waals surface area contributed by atoms with Crippen molar-refractivity contribution in [3.05, 3.63) is 35.9 Å². The van der Waals surface area contributed by atoms with Gasteiger partial charge >= 0.3 is 5.97 Å². The largest absolute Gasteiger partial charge is 0.467 e. The van der Waals surface area contributed by atoms with E-state index >= 15 is 0 Å². The highest BCUT2D eigenvalue weighted by molar-refractivity contribution is 5.77. The van der Waals surface area contributed by atoms with E-state index in [1.54, 1.807) is 6.92 Å². The summed E-state index contributed by atoms with van der Waals surface area (Å²) in [6, 6.07) is 10.3. The molecule has 1 aliphatic carbocycles. The van der Waals surface area contributed by atoms with Gasteiger partial charge in [0.15, 0.2) is 0 Å². The Kier molecular flexibility index (Phi) is 6.20. The van der Waals surface area contributed by atoms with Crippen LogP contribution in [0.1, 0.15) is 52.5 Å². The summed E-state index contributed by atoms with van der Waals surface area (Å²) in [5.41, 5.74) is 1.47. The zero-order valence-electron chi connectivity index (χ0n) is 15.7. The Morgan fingerprint density at radius 3 is 2.58 bits per heavy atom. The lowest BCUT2D eigenvalue weighted by Gasteiger charge is -2.43. The van der Waals surface area contributed by atoms with E-state index in [4.69, 9.17) is 4.74 Å². The minimum absolute atomic E-state index is 0.0899. The van der Waals surface area contributed by atoms with E-state index in [0.29, 0.717) is 17.8 Å². The summed E-state index contributed by atoms with van der Waals surface area (Å²) in [5.74, 6) is 1.37. The van der Waals surface area contributed by atoms with Gasteiger partial charge in [0.2, 0.25) is 0 Å². The molecule has 0 spiro atoms. The van der Waals surface area contributed by atoms with Gasteiger partial charge < -0.3 is 4.74 Å². The molecule has 0 saturated heterocycles. The Morgan fingerprint density at radius 1 is 1.29 bits per heavy atom. The number of carbonyl (C=O) groups is 1. The second-order valence-electron chi connectivity index (χ2n) is 7.77. The van der Waals surface area contributed by atoms with Crippen LogP contribution in [0.4, 0.5) is 0 Å². The molecule has 1 unspecified atom stereocenters. The molecule has 3 nitrogen and oxygen atoms in total. The van der Waals surface area contributed by atoms with Crippen molar-refractivity contribution in [3.63, 3.8) is 0 Å². The molecule has 1 aliphatic rings. The molecular weight excluding hydrogens is 298 g/mol. The number of ether oxygens (including phenoxy) is 1. The van der Waals surface area contributed by atoms with Gasteiger partial charge in [0, 0.05) is 6.21 Å². The number of rotatable bonds is 5. The van der Waals surface area contributed by atoms with E-state index in [1.807, 2.05) is 6.21 Å². The molecular formula is C21H31NO2. The van der Waals surface area contributed by atoms with E-state index in [2.05, 4.69) is 56.1 Å². The van der Waals surface area contributed by atoms with Crippen molar-refractivity contribution in [2.24, 2.45) is 22.7 Å². The van der Waals surface area contributed by atoms with Crippen molar-refractivity contribution in [1.29, 1.82) is 0 Å². The molecule has 3 heteroatoms. The van der Waals surface area contributed by atoms with Crippen LogP contribution in [0.25, 0.3) is 0 Å². The Balaban J connectivity index is 2.22. The molecule has 0 aromatic heterocycles. The summed E-state index contributed by atoms with van der Waals surface area (Å²) in [7, 11) is 1.42. The average Bonchev–Trinajstić information content (AvgIpc) is 2.59. The first-order valence-corrected chi connectivity index (χ1v) is 9.03. The summed E-state index contributed by atoms with van der Waals surface area (Å²) in [5, 5.41) is 0. The van der Waals surface area contributed by atoms with Gasteiger partial charge in [-0.1, -0.05) is 57.5 Å². The van der Waals surface area contributed by atoms with E-state index in [9.17, 15) is 4.79 Å². The van der Waals surface area contributed by atoms with E-state index in [0.717, 1.165) is 6.42 Å². The van der Waals surface area contributed by atoms with Crippen LogP contribution in [0.15, 0.2) is 35.3 Å². The van der Waals surface area contributed by atoms with Crippen LogP contribution in [-0.2, 0) is 14.9 Å². The maximum atomic E-state index is 11.6. The smallest absolute Gasteiger partial charge is 0.330 e. The lowest BCUT2D eigenvalue weighted by molar-refractivity contribution is -0.141. The fourth-order valence-corrected chi connectivity index (χ4v) is 4.04. The van der Waals surface area contributed by atoms with Gasteiger partial charge in [0.25, 0.3) is 0 Å². The van der Waals surface area contributed by atoms with Gasteiger partial charge in [-0.05, 0) is 48.5 Å². The second-order valence-corrected chi connectivity index (χ2v) is 7.77. The van der Waals surface area contributed by atoms with E-state index in [1.165, 1.54) is 25.5 Å². The number of nitrogens with zero attached hydrogens (tertiary/aromatic N) is 1. The minimum atomic E-state index is -0.423. The molecule has 0 bridgehead atoms. The van der Waals surface area contributed by atoms with Crippen molar-refractivity contribution in [2.45, 2.75) is 58.4 Å². The highest BCUT2D eigenvalue weighted by atomic mass is 16.5. The maximum absolute atomic E-state index is 11.6. The quantitative estimate of drug-likeness (QED) is 0.582. The van der Waals surface area contributed by atoms with Gasteiger partial charge in [-0.15, -0.1) is 0 Å². The fraction of sp³-hybridized carbons (Fsp3) is 0.619. The molecule has 132 valence electrons. The van der Waals surface area contributed by atoms with Crippen LogP contribution in [-0.4, -0.2) is 25.3 Å². The van der Waals surface area contributed by atoms with Crippen molar-refractivity contribution < 1.29 is 9.53 Å². The van der Waals surface area contributed by atoms with Gasteiger partial charge in [0.05, 0.1) is 7.11 Å². The van der Waals surface area contributed by atoms with Gasteiger partial charge in [-0.3, -0.25) is 4.99 Å². The molecule has 0 aliphatic heterocycles. The van der Waals surface area contributed by atoms with Gasteiger partial charge in [0.1, 0.15) is 6.04 Å². The lowest BCUT2D eigenvalue weighted by atomic mass is 9.61. The molecule has 1 fully saturated rings. The third kappa shape index (κ3) is 4.25. The molecule has 0 heterocycles. The number of hydrogen-bond donors (Lipinski definition) is 0. The van der Waals surface area contributed by atoms with Crippen molar-refractivity contribution >= 4 is 12.2 Å². The standard InChI is InChI=1S/C21H31NO2/c1-15-11-12-19(21(3,4)18-9-7-6-8-10-18)17(13-15)14-22-16(2)20(23)24-5/h6-10,14-17,19H,11-13H2,1-5H3/t15-,16?,17+,19-/m1/s1. The SMILES string of the molecule is COC(=O)C(C)N=C[C@@H]1C[C@H](C)CC[C@H]1C(C)(C)c1ccccc1. The monoisotopic (exact) mass is 329 g/mol. The molecule has 24 heavy (non-hydrogen) atoms. The van der Waals surface area contributed by atoms with E-state index in [-0.39, 0.29) is 11.4 Å². The van der Waals surface area contributed by atoms with Crippen molar-refractivity contribution in [3.8, 4) is 0 Å². The Morgan fingerprint density at radius 2 is 1.96 bits per heavy atom. The third-order valence-electron chi connectivity index (χ3n) is 5.65. The van der Waals surface area contributed by atoms with Crippen molar-refractivity contribution in [2.75, 3.05) is 7.11 Å². The topological polar surface area (TPSA) is 38.7 Å². The first-order valence-electron chi connectivity index (χ1n) is 9.03. The number of benzene rings is 1. The molecule has 2 rings (SSSR count). The predicted molar refractivity (Wildman–Crippen MR) is 99.4 cm³/mol. The number of esters is 1. The predicted octanol–water partition coefficient (Wildman–Crippen LogP) is 4.65. The molecule has 1 aromatic carbocycles. The zero-order valence-corrected chi connectivity index (χ0v) is 15.7. The van der Waals surface area contributed by atoms with Crippen LogP contribution >= 0.6 is 0 Å². The average molecular weight is 329 g/mol. The fourth-order valence-electron chi connectivity index (χ4n) is 4.04. The molecule has 0 radical (unpaired) electrons. The highest BCUT2D eigenvalue weighted by Gasteiger charge is 2.39. The molecule has 1 saturated carbocycles. The van der Waals surface area contributed by atoms with Crippen LogP contribution in [0.2, 0.25) is 0 Å². The van der Waals surface area contributed by atoms with E-state index < -0.39 is 6.04 Å². The number of carbonyl (C=O) groups excluding carboxylic acids is 1. The number of hydrogen-bond acceptors (Lipinski definition) is 3. The molecule has 0 amide bonds. The molecule has 4 atom stereocenters. The Hall–Kier alpha value is -1.64. The molecule has 0 N–H and O–H groups in total. The maximum Gasteiger partial charge on any atom is 0.330 e. The summed E-state index contributed by atoms with van der Waals surface area (Å²) in [6.45, 7) is 8.80. The summed E-state index contributed by atoms with van der Waals surface area (Å²) in [4.78, 5) is 16.1. The van der Waals surface area contributed by atoms with Gasteiger partial charge in [-0.25, -0.2) is 4.79 Å². The normalized spacial score (nSPS) is 26.3. The summed E-state index contributed by atoms with van der Waals surface area (Å²) >= 11 is 0. The van der Waals surface area contributed by atoms with Crippen LogP contribution in [0.5, 0.6) is 0 Å². The summed E-state index contributed by atoms with van der Waals surface area (Å²) < 4.78 is 4.78. The van der Waals surface area contributed by atoms with Crippen LogP contribution in [0.3, 0.4) is 0 Å². The molecule has 1 aromatic rings. The first kappa shape index (κ1) is 18.7. The third-order valence-corrected chi connectivity index (χ3v) is 5.65. The highest BCUT2D eigenvalue weighted by Crippen LogP contribution is 2.44. The lowest BCUT2D eigenvalue weighted by Crippen LogP contribution is -2.39. The van der Waals surface area contributed by atoms with Gasteiger partial charge in [-0.2, -0.15) is 0 Å². The zero-order chi connectivity index (χ0) is 17.7. The Labute approximate surface area is 146 Å². The first-order chi connectivity index (χ1) is 11.4. The minimum Gasteiger partial charge on any atom is -0.467 e. The van der Waals surface area contributed by atoms with Crippen LogP contribution < -0.4 is 0 Å². The summed E-state index contributed by atoms with van der Waals surface area (Å²) in [6.07, 6.45) is 5.63. The Bertz CT molecular complexity index is 564. The van der Waals surface area contributed by atoms with Crippen LogP contribution in [0, 0.1) is 17.8 Å². The second kappa shape index (κ2) is 7.96. The number of methoxy groups -OCH3 is 1.